The molecule has 0 saturated heterocycles. The molecule has 0 aliphatic carbocycles. The molecule has 4 rings (SSSR count). The summed E-state index contributed by atoms with van der Waals surface area (Å²) in [5, 5.41) is 16.0. The molecular formula is C24H26N4O4. The first-order valence-corrected chi connectivity index (χ1v) is 10.5. The third-order valence-corrected chi connectivity index (χ3v) is 5.58. The van der Waals surface area contributed by atoms with Gasteiger partial charge in [-0.3, -0.25) is 9.59 Å². The minimum Gasteiger partial charge on any atom is -0.389 e. The first kappa shape index (κ1) is 21.7. The third kappa shape index (κ3) is 3.68. The number of aryl methyl sites for hydroxylation is 1. The van der Waals surface area contributed by atoms with Crippen molar-refractivity contribution in [3.8, 4) is 0 Å². The van der Waals surface area contributed by atoms with Gasteiger partial charge in [0.05, 0.1) is 19.3 Å². The van der Waals surface area contributed by atoms with E-state index in [1.165, 1.54) is 7.11 Å². The summed E-state index contributed by atoms with van der Waals surface area (Å²) in [7, 11) is 3.27. The van der Waals surface area contributed by atoms with Crippen molar-refractivity contribution in [3.63, 3.8) is 0 Å². The van der Waals surface area contributed by atoms with Crippen LogP contribution in [0.25, 0.3) is 21.8 Å². The number of aliphatic hydroxyl groups is 1. The normalized spacial score (nSPS) is 12.4. The lowest BCUT2D eigenvalue weighted by Crippen LogP contribution is -2.36. The van der Waals surface area contributed by atoms with Crippen LogP contribution in [0.4, 0.5) is 5.69 Å². The van der Waals surface area contributed by atoms with Crippen LogP contribution < -0.4 is 10.5 Å². The Kier molecular flexibility index (Phi) is 6.07. The molecule has 0 aliphatic heterocycles. The molecule has 0 bridgehead atoms. The number of rotatable bonds is 7. The lowest BCUT2D eigenvalue weighted by Gasteiger charge is -2.21. The number of aliphatic hydroxyl groups excluding tert-OH is 1. The summed E-state index contributed by atoms with van der Waals surface area (Å²) in [4.78, 5) is 28.7. The summed E-state index contributed by atoms with van der Waals surface area (Å²) in [5.74, 6) is -0.310. The Morgan fingerprint density at radius 2 is 1.84 bits per heavy atom. The van der Waals surface area contributed by atoms with Crippen LogP contribution in [0.1, 0.15) is 17.4 Å². The van der Waals surface area contributed by atoms with Crippen molar-refractivity contribution in [3.05, 3.63) is 70.6 Å². The van der Waals surface area contributed by atoms with Crippen molar-refractivity contribution in [1.29, 1.82) is 0 Å². The van der Waals surface area contributed by atoms with Crippen molar-refractivity contribution in [2.45, 2.75) is 19.6 Å². The molecular weight excluding hydrogens is 408 g/mol. The topological polar surface area (TPSA) is 89.6 Å². The van der Waals surface area contributed by atoms with Gasteiger partial charge in [0.2, 0.25) is 0 Å². The monoisotopic (exact) mass is 434 g/mol. The zero-order valence-corrected chi connectivity index (χ0v) is 18.4. The smallest absolute Gasteiger partial charge is 0.291 e. The number of para-hydroxylation sites is 2. The SMILES string of the molecule is CCN(C(=O)c1nn(CC(O)COC)c(=O)c2c1c1ccccc1n2C)c1ccccc1. The highest BCUT2D eigenvalue weighted by molar-refractivity contribution is 6.20. The lowest BCUT2D eigenvalue weighted by molar-refractivity contribution is 0.0503. The molecule has 1 amide bonds. The molecule has 0 spiro atoms. The standard InChI is InChI=1S/C24H26N4O4/c1-4-27(16-10-6-5-7-11-16)23(30)21-20-18-12-8-9-13-19(18)26(2)22(20)24(31)28(25-21)14-17(29)15-32-3/h5-13,17,29H,4,14-15H2,1-3H3. The number of fused-ring (bicyclic) bond motifs is 3. The molecule has 0 radical (unpaired) electrons. The quantitative estimate of drug-likeness (QED) is 0.483. The largest absolute Gasteiger partial charge is 0.389 e. The molecule has 8 nitrogen and oxygen atoms in total. The fourth-order valence-corrected chi connectivity index (χ4v) is 4.12. The Morgan fingerprint density at radius 1 is 1.16 bits per heavy atom. The number of aromatic nitrogens is 3. The van der Waals surface area contributed by atoms with Gasteiger partial charge in [0.15, 0.2) is 5.69 Å². The molecule has 1 N–H and O–H groups in total. The minimum absolute atomic E-state index is 0.0512. The third-order valence-electron chi connectivity index (χ3n) is 5.58. The number of anilines is 1. The van der Waals surface area contributed by atoms with E-state index in [0.717, 1.165) is 21.3 Å². The van der Waals surface area contributed by atoms with Gasteiger partial charge >= 0.3 is 0 Å². The second-order valence-electron chi connectivity index (χ2n) is 7.63. The van der Waals surface area contributed by atoms with Crippen LogP contribution in [0.2, 0.25) is 0 Å². The van der Waals surface area contributed by atoms with E-state index < -0.39 is 6.10 Å². The van der Waals surface area contributed by atoms with Crippen LogP contribution >= 0.6 is 0 Å². The maximum Gasteiger partial charge on any atom is 0.291 e. The fourth-order valence-electron chi connectivity index (χ4n) is 4.12. The zero-order valence-electron chi connectivity index (χ0n) is 18.4. The number of nitrogens with zero attached hydrogens (tertiary/aromatic N) is 4. The first-order chi connectivity index (χ1) is 15.5. The summed E-state index contributed by atoms with van der Waals surface area (Å²) in [6, 6.07) is 16.9. The van der Waals surface area contributed by atoms with Gasteiger partial charge in [0, 0.05) is 42.7 Å². The molecule has 2 heterocycles. The molecule has 0 saturated carbocycles. The van der Waals surface area contributed by atoms with Crippen molar-refractivity contribution in [2.24, 2.45) is 7.05 Å². The summed E-state index contributed by atoms with van der Waals surface area (Å²) in [5.41, 5.74) is 1.75. The molecule has 2 aromatic carbocycles. The van der Waals surface area contributed by atoms with Gasteiger partial charge in [-0.05, 0) is 25.1 Å². The molecule has 166 valence electrons. The Labute approximate surface area is 185 Å². The average molecular weight is 434 g/mol. The van der Waals surface area contributed by atoms with Crippen LogP contribution in [-0.2, 0) is 18.3 Å². The first-order valence-electron chi connectivity index (χ1n) is 10.5. The van der Waals surface area contributed by atoms with E-state index in [0.29, 0.717) is 17.4 Å². The van der Waals surface area contributed by atoms with E-state index in [4.69, 9.17) is 4.74 Å². The average Bonchev–Trinajstić information content (AvgIpc) is 3.10. The van der Waals surface area contributed by atoms with Gasteiger partial charge in [0.25, 0.3) is 11.5 Å². The van der Waals surface area contributed by atoms with E-state index in [2.05, 4.69) is 5.10 Å². The second-order valence-corrected chi connectivity index (χ2v) is 7.63. The van der Waals surface area contributed by atoms with Gasteiger partial charge in [-0.15, -0.1) is 0 Å². The molecule has 2 aromatic heterocycles. The van der Waals surface area contributed by atoms with Crippen LogP contribution in [-0.4, -0.2) is 51.7 Å². The predicted octanol–water partition coefficient (Wildman–Crippen LogP) is 2.56. The molecule has 0 fully saturated rings. The summed E-state index contributed by atoms with van der Waals surface area (Å²) >= 11 is 0. The van der Waals surface area contributed by atoms with Crippen LogP contribution in [0.3, 0.4) is 0 Å². The van der Waals surface area contributed by atoms with E-state index in [1.54, 1.807) is 16.5 Å². The number of amides is 1. The van der Waals surface area contributed by atoms with Crippen LogP contribution in [0.5, 0.6) is 0 Å². The van der Waals surface area contributed by atoms with E-state index in [1.807, 2.05) is 61.5 Å². The Balaban J connectivity index is 1.99. The highest BCUT2D eigenvalue weighted by Crippen LogP contribution is 2.29. The number of hydrogen-bond donors (Lipinski definition) is 1. The predicted molar refractivity (Wildman–Crippen MR) is 124 cm³/mol. The second kappa shape index (κ2) is 8.94. The minimum atomic E-state index is -0.934. The van der Waals surface area contributed by atoms with Crippen LogP contribution in [0, 0.1) is 0 Å². The number of ether oxygens (including phenoxy) is 1. The summed E-state index contributed by atoms with van der Waals surface area (Å²) in [6.45, 7) is 2.29. The van der Waals surface area contributed by atoms with Crippen molar-refractivity contribution in [1.82, 2.24) is 14.3 Å². The van der Waals surface area contributed by atoms with Gasteiger partial charge in [0.1, 0.15) is 5.52 Å². The maximum atomic E-state index is 13.8. The molecule has 0 aliphatic rings. The Bertz CT molecular complexity index is 1330. The van der Waals surface area contributed by atoms with Gasteiger partial charge in [-0.1, -0.05) is 36.4 Å². The van der Waals surface area contributed by atoms with Gasteiger partial charge in [-0.25, -0.2) is 4.68 Å². The number of hydrogen-bond acceptors (Lipinski definition) is 5. The molecule has 1 unspecified atom stereocenters. The van der Waals surface area contributed by atoms with E-state index in [-0.39, 0.29) is 30.3 Å². The van der Waals surface area contributed by atoms with Gasteiger partial charge < -0.3 is 19.3 Å². The van der Waals surface area contributed by atoms with Crippen LogP contribution in [0.15, 0.2) is 59.4 Å². The number of carbonyl (C=O) groups is 1. The Hall–Kier alpha value is -3.49. The van der Waals surface area contributed by atoms with Crippen molar-refractivity contribution >= 4 is 33.4 Å². The maximum absolute atomic E-state index is 13.8. The highest BCUT2D eigenvalue weighted by atomic mass is 16.5. The number of carbonyl (C=O) groups excluding carboxylic acids is 1. The van der Waals surface area contributed by atoms with Crippen molar-refractivity contribution < 1.29 is 14.6 Å². The zero-order chi connectivity index (χ0) is 22.8. The lowest BCUT2D eigenvalue weighted by atomic mass is 10.1. The summed E-state index contributed by atoms with van der Waals surface area (Å²) < 4.78 is 7.94. The molecule has 32 heavy (non-hydrogen) atoms. The van der Waals surface area contributed by atoms with Gasteiger partial charge in [-0.2, -0.15) is 5.10 Å². The van der Waals surface area contributed by atoms with E-state index in [9.17, 15) is 14.7 Å². The molecule has 4 aromatic rings. The molecule has 8 heteroatoms. The highest BCUT2D eigenvalue weighted by Gasteiger charge is 2.27. The summed E-state index contributed by atoms with van der Waals surface area (Å²) in [6.07, 6.45) is -0.934. The van der Waals surface area contributed by atoms with Crippen molar-refractivity contribution in [2.75, 3.05) is 25.2 Å². The van der Waals surface area contributed by atoms with E-state index >= 15 is 0 Å². The fraction of sp³-hybridized carbons (Fsp3) is 0.292. The number of methoxy groups -OCH3 is 1. The number of benzene rings is 2. The Morgan fingerprint density at radius 3 is 2.53 bits per heavy atom. The molecule has 1 atom stereocenters.